The fraction of sp³-hybridized carbons (Fsp3) is 0.348. The molecule has 0 spiro atoms. The Labute approximate surface area is 190 Å². The number of hydrogen-bond acceptors (Lipinski definition) is 7. The highest BCUT2D eigenvalue weighted by molar-refractivity contribution is 5.88. The van der Waals surface area contributed by atoms with Crippen molar-refractivity contribution in [3.63, 3.8) is 0 Å². The minimum atomic E-state index is -0.761. The molecule has 174 valence electrons. The zero-order valence-electron chi connectivity index (χ0n) is 19.0. The predicted octanol–water partition coefficient (Wildman–Crippen LogP) is 1.27. The van der Waals surface area contributed by atoms with E-state index in [9.17, 15) is 14.4 Å². The maximum absolute atomic E-state index is 12.9. The molecule has 0 bridgehead atoms. The Bertz CT molecular complexity index is 1190. The molecule has 0 saturated heterocycles. The first kappa shape index (κ1) is 23.7. The summed E-state index contributed by atoms with van der Waals surface area (Å²) >= 11 is 0. The van der Waals surface area contributed by atoms with Crippen LogP contribution in [0.15, 0.2) is 47.8 Å². The summed E-state index contributed by atoms with van der Waals surface area (Å²) in [6, 6.07) is 5.99. The van der Waals surface area contributed by atoms with Gasteiger partial charge in [0, 0.05) is 25.0 Å². The number of ether oxygens (including phenoxy) is 2. The molecule has 10 heteroatoms. The van der Waals surface area contributed by atoms with Gasteiger partial charge in [-0.2, -0.15) is 0 Å². The number of hydrogen-bond donors (Lipinski definition) is 2. The number of carbonyl (C=O) groups excluding carboxylic acids is 2. The van der Waals surface area contributed by atoms with Gasteiger partial charge in [0.2, 0.25) is 11.8 Å². The average Bonchev–Trinajstić information content (AvgIpc) is 2.82. The van der Waals surface area contributed by atoms with Crippen LogP contribution in [-0.4, -0.2) is 46.6 Å². The number of nitrogens with zero attached hydrogens (tertiary/aromatic N) is 3. The van der Waals surface area contributed by atoms with E-state index < -0.39 is 17.5 Å². The fourth-order valence-electron chi connectivity index (χ4n) is 3.31. The van der Waals surface area contributed by atoms with Crippen LogP contribution in [0.4, 0.5) is 0 Å². The van der Waals surface area contributed by atoms with Crippen molar-refractivity contribution in [1.82, 2.24) is 25.2 Å². The van der Waals surface area contributed by atoms with Crippen molar-refractivity contribution in [3.05, 3.63) is 58.9 Å². The van der Waals surface area contributed by atoms with E-state index in [4.69, 9.17) is 9.47 Å². The second-order valence-electron chi connectivity index (χ2n) is 7.77. The Hall–Kier alpha value is -3.95. The van der Waals surface area contributed by atoms with Gasteiger partial charge in [-0.1, -0.05) is 19.9 Å². The Morgan fingerprint density at radius 2 is 1.88 bits per heavy atom. The molecule has 3 rings (SSSR count). The van der Waals surface area contributed by atoms with Gasteiger partial charge in [-0.05, 0) is 23.6 Å². The third-order valence-corrected chi connectivity index (χ3v) is 5.10. The smallest absolute Gasteiger partial charge is 0.261 e. The van der Waals surface area contributed by atoms with E-state index in [2.05, 4.69) is 20.6 Å². The lowest BCUT2D eigenvalue weighted by molar-refractivity contribution is -0.130. The van der Waals surface area contributed by atoms with Crippen LogP contribution in [0.1, 0.15) is 19.4 Å². The van der Waals surface area contributed by atoms with Crippen molar-refractivity contribution in [1.29, 1.82) is 0 Å². The third kappa shape index (κ3) is 5.65. The summed E-state index contributed by atoms with van der Waals surface area (Å²) in [5, 5.41) is 5.82. The van der Waals surface area contributed by atoms with Gasteiger partial charge in [0.05, 0.1) is 31.4 Å². The van der Waals surface area contributed by atoms with Crippen molar-refractivity contribution in [2.45, 2.75) is 33.0 Å². The van der Waals surface area contributed by atoms with E-state index in [0.717, 1.165) is 5.56 Å². The predicted molar refractivity (Wildman–Crippen MR) is 122 cm³/mol. The zero-order chi connectivity index (χ0) is 24.0. The highest BCUT2D eigenvalue weighted by Crippen LogP contribution is 2.29. The number of nitrogens with one attached hydrogen (secondary N) is 2. The third-order valence-electron chi connectivity index (χ3n) is 5.10. The van der Waals surface area contributed by atoms with Crippen LogP contribution < -0.4 is 25.7 Å². The van der Waals surface area contributed by atoms with Gasteiger partial charge in [-0.3, -0.25) is 23.9 Å². The summed E-state index contributed by atoms with van der Waals surface area (Å²) < 4.78 is 11.7. The Morgan fingerprint density at radius 1 is 1.15 bits per heavy atom. The molecule has 0 aliphatic heterocycles. The molecule has 0 saturated carbocycles. The summed E-state index contributed by atoms with van der Waals surface area (Å²) in [5.74, 6) is -0.122. The SMILES string of the molecule is COc1cc2ncn(CC(=O)N[C@@H](C(=O)NCc3cccnc3)C(C)C)c(=O)c2cc1OC. The van der Waals surface area contributed by atoms with Crippen LogP contribution >= 0.6 is 0 Å². The maximum Gasteiger partial charge on any atom is 0.261 e. The number of carbonyl (C=O) groups is 2. The molecular formula is C23H27N5O5. The minimum absolute atomic E-state index is 0.161. The highest BCUT2D eigenvalue weighted by Gasteiger charge is 2.24. The monoisotopic (exact) mass is 453 g/mol. The van der Waals surface area contributed by atoms with Crippen LogP contribution in [-0.2, 0) is 22.7 Å². The van der Waals surface area contributed by atoms with Crippen molar-refractivity contribution >= 4 is 22.7 Å². The van der Waals surface area contributed by atoms with Crippen molar-refractivity contribution < 1.29 is 19.1 Å². The van der Waals surface area contributed by atoms with Gasteiger partial charge in [0.1, 0.15) is 12.6 Å². The summed E-state index contributed by atoms with van der Waals surface area (Å²) in [4.78, 5) is 46.5. The van der Waals surface area contributed by atoms with E-state index in [1.54, 1.807) is 24.5 Å². The summed E-state index contributed by atoms with van der Waals surface area (Å²) in [6.45, 7) is 3.68. The van der Waals surface area contributed by atoms with Gasteiger partial charge in [-0.25, -0.2) is 4.98 Å². The molecule has 0 aliphatic rings. The molecule has 0 radical (unpaired) electrons. The molecule has 2 heterocycles. The van der Waals surface area contributed by atoms with E-state index in [1.165, 1.54) is 31.2 Å². The number of rotatable bonds is 9. The second-order valence-corrected chi connectivity index (χ2v) is 7.77. The number of aromatic nitrogens is 3. The first-order valence-electron chi connectivity index (χ1n) is 10.4. The van der Waals surface area contributed by atoms with Crippen LogP contribution in [0, 0.1) is 5.92 Å². The van der Waals surface area contributed by atoms with Crippen molar-refractivity contribution in [3.8, 4) is 11.5 Å². The molecule has 3 aromatic rings. The van der Waals surface area contributed by atoms with Crippen molar-refractivity contribution in [2.75, 3.05) is 14.2 Å². The zero-order valence-corrected chi connectivity index (χ0v) is 19.0. The van der Waals surface area contributed by atoms with Crippen LogP contribution in [0.25, 0.3) is 10.9 Å². The lowest BCUT2D eigenvalue weighted by Crippen LogP contribution is -2.50. The lowest BCUT2D eigenvalue weighted by atomic mass is 10.0. The molecular weight excluding hydrogens is 426 g/mol. The van der Waals surface area contributed by atoms with E-state index in [0.29, 0.717) is 23.6 Å². The highest BCUT2D eigenvalue weighted by atomic mass is 16.5. The van der Waals surface area contributed by atoms with Gasteiger partial charge in [0.25, 0.3) is 5.56 Å². The lowest BCUT2D eigenvalue weighted by Gasteiger charge is -2.22. The molecule has 33 heavy (non-hydrogen) atoms. The molecule has 0 fully saturated rings. The summed E-state index contributed by atoms with van der Waals surface area (Å²) in [5.41, 5.74) is 0.864. The number of benzene rings is 1. The van der Waals surface area contributed by atoms with Crippen LogP contribution in [0.3, 0.4) is 0 Å². The number of amides is 2. The van der Waals surface area contributed by atoms with Crippen molar-refractivity contribution in [2.24, 2.45) is 5.92 Å². The molecule has 0 aliphatic carbocycles. The fourth-order valence-corrected chi connectivity index (χ4v) is 3.31. The van der Waals surface area contributed by atoms with E-state index >= 15 is 0 Å². The molecule has 2 amide bonds. The summed E-state index contributed by atoms with van der Waals surface area (Å²) in [6.07, 6.45) is 4.61. The molecule has 1 aromatic carbocycles. The first-order chi connectivity index (χ1) is 15.8. The Balaban J connectivity index is 1.73. The maximum atomic E-state index is 12.9. The molecule has 2 aromatic heterocycles. The van der Waals surface area contributed by atoms with E-state index in [1.807, 2.05) is 19.9 Å². The number of pyridine rings is 1. The van der Waals surface area contributed by atoms with E-state index in [-0.39, 0.29) is 23.8 Å². The standard InChI is InChI=1S/C23H27N5O5/c1-14(2)21(22(30)25-11-15-6-5-7-24-10-15)27-20(29)12-28-13-26-17-9-19(33-4)18(32-3)8-16(17)23(28)31/h5-10,13-14,21H,11-12H2,1-4H3,(H,25,30)(H,27,29)/t21-/m1/s1. The van der Waals surface area contributed by atoms with Gasteiger partial charge >= 0.3 is 0 Å². The molecule has 0 unspecified atom stereocenters. The number of methoxy groups -OCH3 is 2. The van der Waals surface area contributed by atoms with Crippen LogP contribution in [0.2, 0.25) is 0 Å². The summed E-state index contributed by atoms with van der Waals surface area (Å²) in [7, 11) is 2.96. The Kier molecular flexibility index (Phi) is 7.60. The number of fused-ring (bicyclic) bond motifs is 1. The average molecular weight is 453 g/mol. The van der Waals surface area contributed by atoms with Gasteiger partial charge < -0.3 is 20.1 Å². The Morgan fingerprint density at radius 3 is 2.52 bits per heavy atom. The normalized spacial score (nSPS) is 11.8. The molecule has 1 atom stereocenters. The largest absolute Gasteiger partial charge is 0.493 e. The topological polar surface area (TPSA) is 124 Å². The van der Waals surface area contributed by atoms with Crippen LogP contribution in [0.5, 0.6) is 11.5 Å². The first-order valence-corrected chi connectivity index (χ1v) is 10.4. The minimum Gasteiger partial charge on any atom is -0.493 e. The van der Waals surface area contributed by atoms with Gasteiger partial charge in [0.15, 0.2) is 11.5 Å². The van der Waals surface area contributed by atoms with Gasteiger partial charge in [-0.15, -0.1) is 0 Å². The molecule has 10 nitrogen and oxygen atoms in total. The second kappa shape index (κ2) is 10.6. The molecule has 2 N–H and O–H groups in total. The quantitative estimate of drug-likeness (QED) is 0.500.